The predicted octanol–water partition coefficient (Wildman–Crippen LogP) is 2.95. The lowest BCUT2D eigenvalue weighted by Gasteiger charge is -2.26. The van der Waals surface area contributed by atoms with E-state index >= 15 is 0 Å². The van der Waals surface area contributed by atoms with E-state index in [2.05, 4.69) is 15.6 Å². The smallest absolute Gasteiger partial charge is 0.217 e. The molecule has 0 spiro atoms. The second-order valence-corrected chi connectivity index (χ2v) is 6.17. The Bertz CT molecular complexity index is 644. The van der Waals surface area contributed by atoms with E-state index in [-0.39, 0.29) is 17.8 Å². The monoisotopic (exact) mass is 321 g/mol. The predicted molar refractivity (Wildman–Crippen MR) is 86.1 cm³/mol. The van der Waals surface area contributed by atoms with Crippen molar-refractivity contribution in [2.24, 2.45) is 0 Å². The molecule has 6 heteroatoms. The van der Waals surface area contributed by atoms with Crippen LogP contribution in [-0.2, 0) is 11.3 Å². The first-order valence-corrected chi connectivity index (χ1v) is 8.01. The maximum atomic E-state index is 14.0. The van der Waals surface area contributed by atoms with Crippen molar-refractivity contribution in [2.45, 2.75) is 39.4 Å². The first kappa shape index (κ1) is 16.6. The summed E-state index contributed by atoms with van der Waals surface area (Å²) >= 11 is 1.58. The molecule has 1 heterocycles. The summed E-state index contributed by atoms with van der Waals surface area (Å²) in [5.74, 6) is -0.500. The molecule has 2 atom stereocenters. The summed E-state index contributed by atoms with van der Waals surface area (Å²) in [6, 6.07) is 5.97. The Morgan fingerprint density at radius 2 is 2.14 bits per heavy atom. The van der Waals surface area contributed by atoms with Gasteiger partial charge in [0, 0.05) is 30.0 Å². The van der Waals surface area contributed by atoms with E-state index < -0.39 is 6.04 Å². The van der Waals surface area contributed by atoms with Crippen LogP contribution in [0.15, 0.2) is 29.8 Å². The molecule has 0 aliphatic rings. The number of carbonyl (C=O) groups excluding carboxylic acids is 1. The largest absolute Gasteiger partial charge is 0.348 e. The fraction of sp³-hybridized carbons (Fsp3) is 0.375. The van der Waals surface area contributed by atoms with E-state index in [9.17, 15) is 9.18 Å². The van der Waals surface area contributed by atoms with Gasteiger partial charge in [0.25, 0.3) is 0 Å². The Labute approximate surface area is 133 Å². The highest BCUT2D eigenvalue weighted by atomic mass is 32.1. The number of halogens is 1. The zero-order chi connectivity index (χ0) is 16.1. The van der Waals surface area contributed by atoms with Crippen LogP contribution >= 0.6 is 11.3 Å². The maximum Gasteiger partial charge on any atom is 0.217 e. The average molecular weight is 321 g/mol. The standard InChI is InChI=1S/C16H20FN3OS/c1-10-15(22-9-19-10)8-18-11(2)16(20-12(3)21)13-6-4-5-7-14(13)17/h4-7,9,11,16,18H,8H2,1-3H3,(H,20,21)/t11-,16-/m1/s1. The number of hydrogen-bond donors (Lipinski definition) is 2. The molecule has 118 valence electrons. The molecule has 1 amide bonds. The van der Waals surface area contributed by atoms with Gasteiger partial charge in [-0.15, -0.1) is 11.3 Å². The third kappa shape index (κ3) is 4.11. The number of aryl methyl sites for hydroxylation is 1. The summed E-state index contributed by atoms with van der Waals surface area (Å²) in [7, 11) is 0. The summed E-state index contributed by atoms with van der Waals surface area (Å²) in [5, 5.41) is 6.17. The number of aromatic nitrogens is 1. The third-order valence-corrected chi connectivity index (χ3v) is 4.46. The van der Waals surface area contributed by atoms with Crippen LogP contribution in [0.5, 0.6) is 0 Å². The van der Waals surface area contributed by atoms with Gasteiger partial charge in [-0.2, -0.15) is 0 Å². The molecular formula is C16H20FN3OS. The molecule has 22 heavy (non-hydrogen) atoms. The number of thiazole rings is 1. The van der Waals surface area contributed by atoms with Crippen molar-refractivity contribution in [3.8, 4) is 0 Å². The Morgan fingerprint density at radius 1 is 1.41 bits per heavy atom. The van der Waals surface area contributed by atoms with Gasteiger partial charge in [-0.3, -0.25) is 4.79 Å². The van der Waals surface area contributed by atoms with Gasteiger partial charge in [-0.1, -0.05) is 18.2 Å². The van der Waals surface area contributed by atoms with Crippen LogP contribution in [0.25, 0.3) is 0 Å². The van der Waals surface area contributed by atoms with Gasteiger partial charge in [-0.05, 0) is 19.9 Å². The Hall–Kier alpha value is -1.79. The number of hydrogen-bond acceptors (Lipinski definition) is 4. The second-order valence-electron chi connectivity index (χ2n) is 5.23. The van der Waals surface area contributed by atoms with Crippen molar-refractivity contribution >= 4 is 17.2 Å². The lowest BCUT2D eigenvalue weighted by Crippen LogP contribution is -2.41. The van der Waals surface area contributed by atoms with Crippen LogP contribution in [0.2, 0.25) is 0 Å². The van der Waals surface area contributed by atoms with Gasteiger partial charge >= 0.3 is 0 Å². The summed E-state index contributed by atoms with van der Waals surface area (Å²) in [5.41, 5.74) is 3.28. The van der Waals surface area contributed by atoms with Crippen LogP contribution in [0.3, 0.4) is 0 Å². The molecular weight excluding hydrogens is 301 g/mol. The molecule has 0 saturated heterocycles. The minimum Gasteiger partial charge on any atom is -0.348 e. The third-order valence-electron chi connectivity index (χ3n) is 3.53. The molecule has 4 nitrogen and oxygen atoms in total. The molecule has 2 rings (SSSR count). The summed E-state index contributed by atoms with van der Waals surface area (Å²) in [6.07, 6.45) is 0. The van der Waals surface area contributed by atoms with Gasteiger partial charge in [0.2, 0.25) is 5.91 Å². The fourth-order valence-electron chi connectivity index (χ4n) is 2.29. The van der Waals surface area contributed by atoms with Gasteiger partial charge in [0.1, 0.15) is 5.82 Å². The topological polar surface area (TPSA) is 54.0 Å². The number of nitrogens with one attached hydrogen (secondary N) is 2. The molecule has 0 aliphatic carbocycles. The maximum absolute atomic E-state index is 14.0. The van der Waals surface area contributed by atoms with Crippen LogP contribution in [0, 0.1) is 12.7 Å². The van der Waals surface area contributed by atoms with E-state index in [4.69, 9.17) is 0 Å². The Morgan fingerprint density at radius 3 is 2.73 bits per heavy atom. The van der Waals surface area contributed by atoms with Crippen molar-refractivity contribution in [2.75, 3.05) is 0 Å². The van der Waals surface area contributed by atoms with E-state index in [1.54, 1.807) is 35.0 Å². The van der Waals surface area contributed by atoms with Crippen LogP contribution in [0.1, 0.15) is 36.0 Å². The van der Waals surface area contributed by atoms with E-state index in [1.807, 2.05) is 13.8 Å². The highest BCUT2D eigenvalue weighted by Crippen LogP contribution is 2.21. The quantitative estimate of drug-likeness (QED) is 0.860. The summed E-state index contributed by atoms with van der Waals surface area (Å²) in [6.45, 7) is 5.97. The second kappa shape index (κ2) is 7.47. The molecule has 0 radical (unpaired) electrons. The van der Waals surface area contributed by atoms with Crippen LogP contribution in [-0.4, -0.2) is 16.9 Å². The van der Waals surface area contributed by atoms with Crippen molar-refractivity contribution < 1.29 is 9.18 Å². The normalized spacial score (nSPS) is 13.6. The van der Waals surface area contributed by atoms with Gasteiger partial charge in [0.05, 0.1) is 17.2 Å². The molecule has 2 N–H and O–H groups in total. The highest BCUT2D eigenvalue weighted by molar-refractivity contribution is 7.09. The molecule has 1 aromatic heterocycles. The zero-order valence-electron chi connectivity index (χ0n) is 12.9. The van der Waals surface area contributed by atoms with Gasteiger partial charge in [0.15, 0.2) is 0 Å². The van der Waals surface area contributed by atoms with Crippen LogP contribution < -0.4 is 10.6 Å². The summed E-state index contributed by atoms with van der Waals surface area (Å²) < 4.78 is 14.0. The van der Waals surface area contributed by atoms with Crippen molar-refractivity contribution in [1.29, 1.82) is 0 Å². The summed E-state index contributed by atoms with van der Waals surface area (Å²) in [4.78, 5) is 16.8. The van der Waals surface area contributed by atoms with Gasteiger partial charge in [-0.25, -0.2) is 9.37 Å². The number of rotatable bonds is 6. The molecule has 0 bridgehead atoms. The molecule has 0 aliphatic heterocycles. The Balaban J connectivity index is 2.13. The lowest BCUT2D eigenvalue weighted by molar-refractivity contribution is -0.119. The number of nitrogens with zero attached hydrogens (tertiary/aromatic N) is 1. The zero-order valence-corrected chi connectivity index (χ0v) is 13.7. The molecule has 0 unspecified atom stereocenters. The SMILES string of the molecule is CC(=O)N[C@@H](c1ccccc1F)[C@@H](C)NCc1scnc1C. The van der Waals surface area contributed by atoms with Crippen LogP contribution in [0.4, 0.5) is 4.39 Å². The lowest BCUT2D eigenvalue weighted by atomic mass is 9.99. The molecule has 2 aromatic rings. The minimum atomic E-state index is -0.424. The van der Waals surface area contributed by atoms with Crippen molar-refractivity contribution in [1.82, 2.24) is 15.6 Å². The number of amides is 1. The van der Waals surface area contributed by atoms with Crippen molar-refractivity contribution in [3.63, 3.8) is 0 Å². The van der Waals surface area contributed by atoms with E-state index in [0.717, 1.165) is 10.6 Å². The first-order chi connectivity index (χ1) is 10.5. The van der Waals surface area contributed by atoms with Gasteiger partial charge < -0.3 is 10.6 Å². The average Bonchev–Trinajstić information content (AvgIpc) is 2.88. The highest BCUT2D eigenvalue weighted by Gasteiger charge is 2.23. The van der Waals surface area contributed by atoms with E-state index in [1.165, 1.54) is 13.0 Å². The molecule has 0 saturated carbocycles. The fourth-order valence-corrected chi connectivity index (χ4v) is 3.01. The Kier molecular flexibility index (Phi) is 5.63. The number of carbonyl (C=O) groups is 1. The number of benzene rings is 1. The van der Waals surface area contributed by atoms with Crippen molar-refractivity contribution in [3.05, 3.63) is 51.7 Å². The first-order valence-electron chi connectivity index (χ1n) is 7.13. The molecule has 1 aromatic carbocycles. The van der Waals surface area contributed by atoms with E-state index in [0.29, 0.717) is 12.1 Å². The molecule has 0 fully saturated rings. The minimum absolute atomic E-state index is 0.123.